The number of ether oxygens (including phenoxy) is 2. The fourth-order valence-electron chi connectivity index (χ4n) is 2.38. The van der Waals surface area contributed by atoms with E-state index < -0.39 is 0 Å². The van der Waals surface area contributed by atoms with Crippen molar-refractivity contribution in [1.29, 1.82) is 0 Å². The summed E-state index contributed by atoms with van der Waals surface area (Å²) < 4.78 is 10.7. The summed E-state index contributed by atoms with van der Waals surface area (Å²) in [6.45, 7) is 4.01. The lowest BCUT2D eigenvalue weighted by atomic mass is 10.1. The van der Waals surface area contributed by atoms with Gasteiger partial charge in [0.05, 0.1) is 19.8 Å². The van der Waals surface area contributed by atoms with Gasteiger partial charge in [0.15, 0.2) is 11.5 Å². The van der Waals surface area contributed by atoms with Crippen molar-refractivity contribution in [2.75, 3.05) is 33.4 Å². The monoisotopic (exact) mass is 266 g/mol. The number of benzene rings is 1. The predicted octanol–water partition coefficient (Wildman–Crippen LogP) is 0.950. The summed E-state index contributed by atoms with van der Waals surface area (Å²) in [5, 5.41) is 9.77. The van der Waals surface area contributed by atoms with Crippen LogP contribution in [0.15, 0.2) is 18.2 Å². The minimum absolute atomic E-state index is 0.187. The summed E-state index contributed by atoms with van der Waals surface area (Å²) >= 11 is 0. The van der Waals surface area contributed by atoms with Crippen LogP contribution >= 0.6 is 0 Å². The Morgan fingerprint density at radius 1 is 1.53 bits per heavy atom. The molecule has 0 saturated carbocycles. The lowest BCUT2D eigenvalue weighted by Gasteiger charge is -2.32. The third-order valence-corrected chi connectivity index (χ3v) is 3.36. The van der Waals surface area contributed by atoms with Crippen molar-refractivity contribution in [3.05, 3.63) is 23.8 Å². The molecule has 5 nitrogen and oxygen atoms in total. The lowest BCUT2D eigenvalue weighted by molar-refractivity contribution is -0.0335. The second-order valence-corrected chi connectivity index (χ2v) is 4.81. The van der Waals surface area contributed by atoms with Gasteiger partial charge in [0.2, 0.25) is 0 Å². The Kier molecular flexibility index (Phi) is 5.01. The number of phenolic OH excluding ortho intramolecular Hbond substituents is 1. The van der Waals surface area contributed by atoms with Crippen LogP contribution in [0, 0.1) is 0 Å². The SMILES string of the molecule is COc1ccc(CN2CCO[C@@H](CCN)C2)cc1O. The number of methoxy groups -OCH3 is 1. The minimum Gasteiger partial charge on any atom is -0.504 e. The molecule has 0 aromatic heterocycles. The molecule has 0 aliphatic carbocycles. The molecule has 0 bridgehead atoms. The van der Waals surface area contributed by atoms with E-state index in [1.54, 1.807) is 19.2 Å². The fourth-order valence-corrected chi connectivity index (χ4v) is 2.38. The summed E-state index contributed by atoms with van der Waals surface area (Å²) in [6.07, 6.45) is 1.12. The van der Waals surface area contributed by atoms with E-state index in [1.807, 2.05) is 6.07 Å². The molecule has 2 rings (SSSR count). The lowest BCUT2D eigenvalue weighted by Crippen LogP contribution is -2.42. The number of nitrogens with zero attached hydrogens (tertiary/aromatic N) is 1. The second kappa shape index (κ2) is 6.75. The molecule has 1 aromatic rings. The molecule has 0 amide bonds. The van der Waals surface area contributed by atoms with E-state index in [-0.39, 0.29) is 11.9 Å². The highest BCUT2D eigenvalue weighted by molar-refractivity contribution is 5.41. The summed E-state index contributed by atoms with van der Waals surface area (Å²) in [5.41, 5.74) is 6.64. The van der Waals surface area contributed by atoms with Gasteiger partial charge in [0, 0.05) is 19.6 Å². The van der Waals surface area contributed by atoms with Gasteiger partial charge in [-0.3, -0.25) is 4.90 Å². The van der Waals surface area contributed by atoms with E-state index in [2.05, 4.69) is 4.90 Å². The first-order valence-electron chi connectivity index (χ1n) is 6.63. The zero-order chi connectivity index (χ0) is 13.7. The van der Waals surface area contributed by atoms with E-state index in [0.29, 0.717) is 12.3 Å². The topological polar surface area (TPSA) is 68.0 Å². The Morgan fingerprint density at radius 3 is 3.05 bits per heavy atom. The molecule has 3 N–H and O–H groups in total. The van der Waals surface area contributed by atoms with Crippen molar-refractivity contribution in [1.82, 2.24) is 4.90 Å². The summed E-state index contributed by atoms with van der Waals surface area (Å²) in [7, 11) is 1.55. The van der Waals surface area contributed by atoms with Crippen LogP contribution in [-0.2, 0) is 11.3 Å². The third kappa shape index (κ3) is 3.83. The van der Waals surface area contributed by atoms with Gasteiger partial charge in [-0.2, -0.15) is 0 Å². The summed E-state index contributed by atoms with van der Waals surface area (Å²) in [4.78, 5) is 2.32. The Bertz CT molecular complexity index is 410. The molecule has 1 aliphatic heterocycles. The van der Waals surface area contributed by atoms with Crippen molar-refractivity contribution >= 4 is 0 Å². The van der Waals surface area contributed by atoms with Gasteiger partial charge < -0.3 is 20.3 Å². The highest BCUT2D eigenvalue weighted by Gasteiger charge is 2.20. The Morgan fingerprint density at radius 2 is 2.37 bits per heavy atom. The average molecular weight is 266 g/mol. The first-order chi connectivity index (χ1) is 9.22. The maximum Gasteiger partial charge on any atom is 0.160 e. The number of nitrogens with two attached hydrogens (primary N) is 1. The van der Waals surface area contributed by atoms with Crippen molar-refractivity contribution < 1.29 is 14.6 Å². The minimum atomic E-state index is 0.187. The first kappa shape index (κ1) is 14.1. The van der Waals surface area contributed by atoms with Crippen molar-refractivity contribution in [2.45, 2.75) is 19.1 Å². The van der Waals surface area contributed by atoms with Crippen LogP contribution in [0.5, 0.6) is 11.5 Å². The summed E-state index contributed by atoms with van der Waals surface area (Å²) in [5.74, 6) is 0.693. The number of hydrogen-bond donors (Lipinski definition) is 2. The van der Waals surface area contributed by atoms with Gasteiger partial charge in [-0.15, -0.1) is 0 Å². The molecule has 0 spiro atoms. The zero-order valence-corrected chi connectivity index (χ0v) is 11.3. The Labute approximate surface area is 113 Å². The van der Waals surface area contributed by atoms with Gasteiger partial charge >= 0.3 is 0 Å². The average Bonchev–Trinajstić information content (AvgIpc) is 2.40. The summed E-state index contributed by atoms with van der Waals surface area (Å²) in [6, 6.07) is 5.53. The fraction of sp³-hybridized carbons (Fsp3) is 0.571. The molecule has 5 heteroatoms. The molecular weight excluding hydrogens is 244 g/mol. The largest absolute Gasteiger partial charge is 0.504 e. The molecule has 106 valence electrons. The number of rotatable bonds is 5. The quantitative estimate of drug-likeness (QED) is 0.830. The second-order valence-electron chi connectivity index (χ2n) is 4.81. The molecule has 1 aliphatic rings. The van der Waals surface area contributed by atoms with Crippen molar-refractivity contribution in [3.8, 4) is 11.5 Å². The molecule has 19 heavy (non-hydrogen) atoms. The highest BCUT2D eigenvalue weighted by atomic mass is 16.5. The normalized spacial score (nSPS) is 20.4. The van der Waals surface area contributed by atoms with Gasteiger partial charge in [-0.25, -0.2) is 0 Å². The molecule has 1 fully saturated rings. The maximum absolute atomic E-state index is 9.77. The zero-order valence-electron chi connectivity index (χ0n) is 11.3. The van der Waals surface area contributed by atoms with Crippen LogP contribution in [0.3, 0.4) is 0 Å². The van der Waals surface area contributed by atoms with Gasteiger partial charge in [-0.05, 0) is 30.7 Å². The smallest absolute Gasteiger partial charge is 0.160 e. The molecule has 1 saturated heterocycles. The van der Waals surface area contributed by atoms with E-state index in [1.165, 1.54) is 0 Å². The van der Waals surface area contributed by atoms with Gasteiger partial charge in [0.1, 0.15) is 0 Å². The number of aromatic hydroxyl groups is 1. The third-order valence-electron chi connectivity index (χ3n) is 3.36. The maximum atomic E-state index is 9.77. The molecule has 1 atom stereocenters. The number of hydrogen-bond acceptors (Lipinski definition) is 5. The van der Waals surface area contributed by atoms with Crippen LogP contribution in [0.1, 0.15) is 12.0 Å². The van der Waals surface area contributed by atoms with Gasteiger partial charge in [-0.1, -0.05) is 6.07 Å². The van der Waals surface area contributed by atoms with E-state index >= 15 is 0 Å². The molecule has 1 heterocycles. The van der Waals surface area contributed by atoms with Crippen molar-refractivity contribution in [3.63, 3.8) is 0 Å². The van der Waals surface area contributed by atoms with Crippen LogP contribution in [0.4, 0.5) is 0 Å². The molecule has 0 unspecified atom stereocenters. The Balaban J connectivity index is 1.94. The number of morpholine rings is 1. The Hall–Kier alpha value is -1.30. The predicted molar refractivity (Wildman–Crippen MR) is 73.3 cm³/mol. The van der Waals surface area contributed by atoms with Crippen LogP contribution < -0.4 is 10.5 Å². The first-order valence-corrected chi connectivity index (χ1v) is 6.63. The van der Waals surface area contributed by atoms with Crippen LogP contribution in [0.2, 0.25) is 0 Å². The molecule has 1 aromatic carbocycles. The van der Waals surface area contributed by atoms with Crippen molar-refractivity contribution in [2.24, 2.45) is 5.73 Å². The number of phenols is 1. The van der Waals surface area contributed by atoms with E-state index in [4.69, 9.17) is 15.2 Å². The van der Waals surface area contributed by atoms with E-state index in [9.17, 15) is 5.11 Å². The molecule has 0 radical (unpaired) electrons. The van der Waals surface area contributed by atoms with Crippen LogP contribution in [0.25, 0.3) is 0 Å². The van der Waals surface area contributed by atoms with Gasteiger partial charge in [0.25, 0.3) is 0 Å². The van der Waals surface area contributed by atoms with E-state index in [0.717, 1.165) is 38.2 Å². The standard InChI is InChI=1S/C14H22N2O3/c1-18-14-3-2-11(8-13(14)17)9-16-6-7-19-12(10-16)4-5-15/h2-3,8,12,17H,4-7,9-10,15H2,1H3/t12-/m0/s1. The molecular formula is C14H22N2O3. The highest BCUT2D eigenvalue weighted by Crippen LogP contribution is 2.27. The van der Waals surface area contributed by atoms with Crippen LogP contribution in [-0.4, -0.2) is 49.5 Å².